The van der Waals surface area contributed by atoms with Gasteiger partial charge in [-0.15, -0.1) is 0 Å². The van der Waals surface area contributed by atoms with Crippen LogP contribution in [0.1, 0.15) is 39.5 Å². The van der Waals surface area contributed by atoms with Crippen molar-refractivity contribution in [3.63, 3.8) is 0 Å². The number of aliphatic imine (C=N–C) groups is 1. The van der Waals surface area contributed by atoms with E-state index in [1.165, 1.54) is 0 Å². The third kappa shape index (κ3) is 13.0. The van der Waals surface area contributed by atoms with E-state index in [1.54, 1.807) is 13.8 Å². The molecular weight excluding hydrogens is 426 g/mol. The first-order valence-corrected chi connectivity index (χ1v) is 9.96. The third-order valence-corrected chi connectivity index (χ3v) is 4.07. The first kappa shape index (κ1) is 28.6. The van der Waals surface area contributed by atoms with E-state index in [4.69, 9.17) is 22.3 Å². The summed E-state index contributed by atoms with van der Waals surface area (Å²) in [6.07, 6.45) is -0.0224. The SMILES string of the molecule is CC(C)CC(NC(=O)C(N)CC(=O)O)C(=O)NCC(=O)NC(CCCN=C(N)N)C(=O)O. The number of rotatable bonds is 15. The zero-order valence-corrected chi connectivity index (χ0v) is 18.2. The lowest BCUT2D eigenvalue weighted by Gasteiger charge is -2.22. The van der Waals surface area contributed by atoms with Crippen molar-refractivity contribution >= 4 is 35.6 Å². The van der Waals surface area contributed by atoms with Gasteiger partial charge in [0.05, 0.1) is 19.0 Å². The molecule has 0 spiro atoms. The highest BCUT2D eigenvalue weighted by Gasteiger charge is 2.26. The van der Waals surface area contributed by atoms with Gasteiger partial charge in [-0.2, -0.15) is 0 Å². The van der Waals surface area contributed by atoms with Gasteiger partial charge in [0.15, 0.2) is 5.96 Å². The van der Waals surface area contributed by atoms with Crippen LogP contribution in [-0.4, -0.2) is 77.0 Å². The summed E-state index contributed by atoms with van der Waals surface area (Å²) in [6.45, 7) is 3.27. The van der Waals surface area contributed by atoms with Crippen LogP contribution in [0.15, 0.2) is 4.99 Å². The number of nitrogens with two attached hydrogens (primary N) is 3. The van der Waals surface area contributed by atoms with Gasteiger partial charge in [0.2, 0.25) is 17.7 Å². The van der Waals surface area contributed by atoms with E-state index in [1.807, 2.05) is 0 Å². The van der Waals surface area contributed by atoms with Crippen molar-refractivity contribution in [1.82, 2.24) is 16.0 Å². The molecule has 0 aromatic rings. The van der Waals surface area contributed by atoms with Crippen molar-refractivity contribution in [3.8, 4) is 0 Å². The number of amides is 3. The van der Waals surface area contributed by atoms with Crippen molar-refractivity contribution in [1.29, 1.82) is 0 Å². The first-order valence-electron chi connectivity index (χ1n) is 9.96. The van der Waals surface area contributed by atoms with Gasteiger partial charge >= 0.3 is 11.9 Å². The normalized spacial score (nSPS) is 13.4. The van der Waals surface area contributed by atoms with Gasteiger partial charge < -0.3 is 43.4 Å². The standard InChI is InChI=1S/C18H33N7O7/c1-9(2)6-12(25-15(29)10(19)7-14(27)28)16(30)23-8-13(26)24-11(17(31)32)4-3-5-22-18(20)21/h9-12H,3-8,19H2,1-2H3,(H,23,30)(H,24,26)(H,25,29)(H,27,28)(H,31,32)(H4,20,21,22). The second kappa shape index (κ2) is 14.6. The van der Waals surface area contributed by atoms with Crippen LogP contribution in [0, 0.1) is 5.92 Å². The molecule has 0 aliphatic rings. The van der Waals surface area contributed by atoms with Crippen LogP contribution in [0.3, 0.4) is 0 Å². The molecule has 0 heterocycles. The summed E-state index contributed by atoms with van der Waals surface area (Å²) < 4.78 is 0. The van der Waals surface area contributed by atoms with Gasteiger partial charge in [-0.25, -0.2) is 4.79 Å². The molecule has 0 fully saturated rings. The van der Waals surface area contributed by atoms with Crippen LogP contribution in [0.5, 0.6) is 0 Å². The fourth-order valence-electron chi connectivity index (χ4n) is 2.56. The Morgan fingerprint density at radius 1 is 0.969 bits per heavy atom. The van der Waals surface area contributed by atoms with Crippen molar-refractivity contribution in [3.05, 3.63) is 0 Å². The lowest BCUT2D eigenvalue weighted by atomic mass is 10.0. The molecule has 14 nitrogen and oxygen atoms in total. The predicted octanol–water partition coefficient (Wildman–Crippen LogP) is -2.94. The Morgan fingerprint density at radius 3 is 2.09 bits per heavy atom. The second-order valence-electron chi connectivity index (χ2n) is 7.52. The molecule has 3 atom stereocenters. The number of hydrogen-bond acceptors (Lipinski definition) is 7. The number of carboxylic acid groups (broad SMARTS) is 2. The molecule has 0 aliphatic carbocycles. The Labute approximate surface area is 185 Å². The monoisotopic (exact) mass is 459 g/mol. The summed E-state index contributed by atoms with van der Waals surface area (Å²) in [6, 6.07) is -3.59. The average Bonchev–Trinajstić information content (AvgIpc) is 2.66. The molecule has 0 saturated carbocycles. The molecule has 0 aliphatic heterocycles. The minimum atomic E-state index is -1.34. The number of hydrogen-bond donors (Lipinski definition) is 8. The Kier molecular flexibility index (Phi) is 13.0. The largest absolute Gasteiger partial charge is 0.481 e. The number of carbonyl (C=O) groups excluding carboxylic acids is 3. The molecule has 0 aromatic carbocycles. The van der Waals surface area contributed by atoms with Crippen LogP contribution in [0.4, 0.5) is 0 Å². The summed E-state index contributed by atoms with van der Waals surface area (Å²) in [5.41, 5.74) is 15.9. The molecule has 0 saturated heterocycles. The zero-order chi connectivity index (χ0) is 24.8. The van der Waals surface area contributed by atoms with E-state index in [-0.39, 0.29) is 31.3 Å². The summed E-state index contributed by atoms with van der Waals surface area (Å²) in [5, 5.41) is 24.9. The summed E-state index contributed by atoms with van der Waals surface area (Å²) in [5.74, 6) is -4.92. The molecule has 14 heteroatoms. The minimum Gasteiger partial charge on any atom is -0.481 e. The summed E-state index contributed by atoms with van der Waals surface area (Å²) in [7, 11) is 0. The lowest BCUT2D eigenvalue weighted by molar-refractivity contribution is -0.142. The van der Waals surface area contributed by atoms with Gasteiger partial charge in [0, 0.05) is 6.54 Å². The molecule has 0 aromatic heterocycles. The number of nitrogens with one attached hydrogen (secondary N) is 3. The average molecular weight is 460 g/mol. The summed E-state index contributed by atoms with van der Waals surface area (Å²) >= 11 is 0. The molecule has 3 amide bonds. The van der Waals surface area contributed by atoms with Gasteiger partial charge in [0.25, 0.3) is 0 Å². The van der Waals surface area contributed by atoms with E-state index in [2.05, 4.69) is 20.9 Å². The second-order valence-corrected chi connectivity index (χ2v) is 7.52. The highest BCUT2D eigenvalue weighted by atomic mass is 16.4. The molecular formula is C18H33N7O7. The Morgan fingerprint density at radius 2 is 1.59 bits per heavy atom. The minimum absolute atomic E-state index is 0.0165. The molecule has 11 N–H and O–H groups in total. The third-order valence-electron chi connectivity index (χ3n) is 4.07. The maximum Gasteiger partial charge on any atom is 0.326 e. The Balaban J connectivity index is 4.81. The summed E-state index contributed by atoms with van der Waals surface area (Å²) in [4.78, 5) is 62.3. The number of carboxylic acids is 2. The van der Waals surface area contributed by atoms with Crippen LogP contribution in [0.25, 0.3) is 0 Å². The van der Waals surface area contributed by atoms with Gasteiger partial charge in [-0.3, -0.25) is 24.2 Å². The van der Waals surface area contributed by atoms with Crippen LogP contribution in [0.2, 0.25) is 0 Å². The molecule has 0 rings (SSSR count). The Hall–Kier alpha value is -3.42. The lowest BCUT2D eigenvalue weighted by Crippen LogP contribution is -2.54. The van der Waals surface area contributed by atoms with Crippen molar-refractivity contribution in [2.24, 2.45) is 28.1 Å². The van der Waals surface area contributed by atoms with Gasteiger partial charge in [-0.05, 0) is 25.2 Å². The highest BCUT2D eigenvalue weighted by molar-refractivity contribution is 5.93. The molecule has 3 unspecified atom stereocenters. The maximum atomic E-state index is 12.4. The Bertz CT molecular complexity index is 708. The number of aliphatic carboxylic acids is 2. The number of nitrogens with zero attached hydrogens (tertiary/aromatic N) is 1. The first-order chi connectivity index (χ1) is 14.8. The van der Waals surface area contributed by atoms with E-state index in [9.17, 15) is 29.1 Å². The van der Waals surface area contributed by atoms with Crippen LogP contribution < -0.4 is 33.2 Å². The molecule has 32 heavy (non-hydrogen) atoms. The van der Waals surface area contributed by atoms with E-state index in [0.29, 0.717) is 6.42 Å². The topological polar surface area (TPSA) is 252 Å². The maximum absolute atomic E-state index is 12.4. The van der Waals surface area contributed by atoms with Crippen molar-refractivity contribution in [2.75, 3.05) is 13.1 Å². The van der Waals surface area contributed by atoms with E-state index >= 15 is 0 Å². The smallest absolute Gasteiger partial charge is 0.326 e. The van der Waals surface area contributed by atoms with Crippen molar-refractivity contribution < 1.29 is 34.2 Å². The van der Waals surface area contributed by atoms with Crippen LogP contribution >= 0.6 is 0 Å². The van der Waals surface area contributed by atoms with E-state index in [0.717, 1.165) is 0 Å². The fraction of sp³-hybridized carbons (Fsp3) is 0.667. The van der Waals surface area contributed by atoms with Crippen LogP contribution in [-0.2, 0) is 24.0 Å². The van der Waals surface area contributed by atoms with E-state index < -0.39 is 60.8 Å². The van der Waals surface area contributed by atoms with Gasteiger partial charge in [-0.1, -0.05) is 13.8 Å². The molecule has 182 valence electrons. The highest BCUT2D eigenvalue weighted by Crippen LogP contribution is 2.06. The molecule has 0 bridgehead atoms. The quantitative estimate of drug-likeness (QED) is 0.0702. The number of carbonyl (C=O) groups is 5. The van der Waals surface area contributed by atoms with Crippen molar-refractivity contribution in [2.45, 2.75) is 57.7 Å². The predicted molar refractivity (Wildman–Crippen MR) is 114 cm³/mol. The zero-order valence-electron chi connectivity index (χ0n) is 18.2. The number of guanidine groups is 1. The molecule has 0 radical (unpaired) electrons. The van der Waals surface area contributed by atoms with Gasteiger partial charge in [0.1, 0.15) is 12.1 Å². The fourth-order valence-corrected chi connectivity index (χ4v) is 2.56.